The molecule has 7 nitrogen and oxygen atoms in total. The number of benzene rings is 1. The molecule has 1 aromatic carbocycles. The molecule has 0 spiro atoms. The second kappa shape index (κ2) is 11.2. The Hall–Kier alpha value is -2.13. The summed E-state index contributed by atoms with van der Waals surface area (Å²) >= 11 is 1.64. The van der Waals surface area contributed by atoms with Crippen molar-refractivity contribution in [1.29, 1.82) is 0 Å². The number of rotatable bonds is 11. The van der Waals surface area contributed by atoms with E-state index in [0.29, 0.717) is 57.6 Å². The predicted molar refractivity (Wildman–Crippen MR) is 113 cm³/mol. The summed E-state index contributed by atoms with van der Waals surface area (Å²) in [5.41, 5.74) is 0.797. The Labute approximate surface area is 175 Å². The minimum absolute atomic E-state index is 0.0160. The van der Waals surface area contributed by atoms with Gasteiger partial charge in [0.25, 0.3) is 0 Å². The van der Waals surface area contributed by atoms with Crippen LogP contribution in [-0.2, 0) is 20.8 Å². The maximum absolute atomic E-state index is 13.3. The highest BCUT2D eigenvalue weighted by Gasteiger charge is 2.22. The number of carbonyl (C=O) groups excluding carboxylic acids is 1. The van der Waals surface area contributed by atoms with Crippen LogP contribution in [0, 0.1) is 0 Å². The van der Waals surface area contributed by atoms with Gasteiger partial charge in [-0.3, -0.25) is 9.69 Å². The highest BCUT2D eigenvalue weighted by atomic mass is 32.1. The Morgan fingerprint density at radius 2 is 1.79 bits per heavy atom. The molecule has 8 heteroatoms. The first-order valence-corrected chi connectivity index (χ1v) is 10.5. The van der Waals surface area contributed by atoms with E-state index in [9.17, 15) is 4.79 Å². The average Bonchev–Trinajstić information content (AvgIpc) is 3.26. The van der Waals surface area contributed by atoms with Crippen LogP contribution in [0.25, 0.3) is 0 Å². The Morgan fingerprint density at radius 3 is 2.45 bits per heavy atom. The third-order valence-corrected chi connectivity index (χ3v) is 5.48. The van der Waals surface area contributed by atoms with Crippen LogP contribution in [0.1, 0.15) is 4.88 Å². The van der Waals surface area contributed by atoms with E-state index in [4.69, 9.17) is 18.9 Å². The molecule has 0 saturated carbocycles. The number of anilines is 1. The molecular weight excluding hydrogens is 392 g/mol. The van der Waals surface area contributed by atoms with Gasteiger partial charge in [-0.2, -0.15) is 0 Å². The quantitative estimate of drug-likeness (QED) is 0.557. The number of fused-ring (bicyclic) bond motifs is 1. The summed E-state index contributed by atoms with van der Waals surface area (Å²) < 4.78 is 21.7. The summed E-state index contributed by atoms with van der Waals surface area (Å²) in [6.07, 6.45) is 0. The van der Waals surface area contributed by atoms with Gasteiger partial charge in [0.2, 0.25) is 5.91 Å². The lowest BCUT2D eigenvalue weighted by Gasteiger charge is -2.28. The Morgan fingerprint density at radius 1 is 1.07 bits per heavy atom. The molecule has 2 heterocycles. The van der Waals surface area contributed by atoms with E-state index >= 15 is 0 Å². The molecule has 29 heavy (non-hydrogen) atoms. The lowest BCUT2D eigenvalue weighted by atomic mass is 10.2. The smallest absolute Gasteiger partial charge is 0.241 e. The molecule has 1 aromatic heterocycles. The molecule has 0 atom stereocenters. The number of ether oxygens (including phenoxy) is 4. The fraction of sp³-hybridized carbons (Fsp3) is 0.476. The van der Waals surface area contributed by atoms with Gasteiger partial charge < -0.3 is 23.8 Å². The van der Waals surface area contributed by atoms with Gasteiger partial charge in [-0.05, 0) is 23.6 Å². The van der Waals surface area contributed by atoms with Crippen LogP contribution in [0.4, 0.5) is 5.69 Å². The first kappa shape index (κ1) is 21.6. The van der Waals surface area contributed by atoms with Crippen molar-refractivity contribution in [1.82, 2.24) is 4.90 Å². The lowest BCUT2D eigenvalue weighted by molar-refractivity contribution is -0.120. The molecule has 0 saturated heterocycles. The average molecular weight is 421 g/mol. The second-order valence-electron chi connectivity index (χ2n) is 6.65. The molecule has 2 aromatic rings. The van der Waals surface area contributed by atoms with Crippen LogP contribution in [0.15, 0.2) is 35.7 Å². The topological polar surface area (TPSA) is 60.5 Å². The van der Waals surface area contributed by atoms with E-state index < -0.39 is 0 Å². The van der Waals surface area contributed by atoms with Crippen molar-refractivity contribution < 1.29 is 23.7 Å². The monoisotopic (exact) mass is 420 g/mol. The third-order valence-electron chi connectivity index (χ3n) is 4.61. The van der Waals surface area contributed by atoms with Gasteiger partial charge >= 0.3 is 0 Å². The number of hydrogen-bond acceptors (Lipinski definition) is 7. The Kier molecular flexibility index (Phi) is 8.30. The SMILES string of the molecule is COCCN(CCOC)CC(=O)N(Cc1cccs1)c1ccc2c(c1)OCCO2. The third kappa shape index (κ3) is 6.17. The first-order chi connectivity index (χ1) is 14.2. The van der Waals surface area contributed by atoms with E-state index in [1.807, 2.05) is 35.7 Å². The molecule has 0 fully saturated rings. The van der Waals surface area contributed by atoms with E-state index in [0.717, 1.165) is 10.6 Å². The van der Waals surface area contributed by atoms with E-state index in [2.05, 4.69) is 4.90 Å². The first-order valence-electron chi connectivity index (χ1n) is 9.64. The van der Waals surface area contributed by atoms with Crippen molar-refractivity contribution in [2.45, 2.75) is 6.54 Å². The lowest BCUT2D eigenvalue weighted by Crippen LogP contribution is -2.42. The van der Waals surface area contributed by atoms with Crippen LogP contribution < -0.4 is 14.4 Å². The van der Waals surface area contributed by atoms with Crippen LogP contribution in [0.3, 0.4) is 0 Å². The highest BCUT2D eigenvalue weighted by molar-refractivity contribution is 7.09. The van der Waals surface area contributed by atoms with Crippen LogP contribution >= 0.6 is 11.3 Å². The molecular formula is C21H28N2O5S. The molecule has 0 unspecified atom stereocenters. The largest absolute Gasteiger partial charge is 0.486 e. The fourth-order valence-corrected chi connectivity index (χ4v) is 3.76. The Bertz CT molecular complexity index is 760. The van der Waals surface area contributed by atoms with E-state index in [1.54, 1.807) is 30.5 Å². The number of methoxy groups -OCH3 is 2. The van der Waals surface area contributed by atoms with Gasteiger partial charge in [-0.1, -0.05) is 6.07 Å². The van der Waals surface area contributed by atoms with Gasteiger partial charge in [0.1, 0.15) is 13.2 Å². The Balaban J connectivity index is 1.79. The molecule has 0 aliphatic carbocycles. The maximum atomic E-state index is 13.3. The molecule has 1 aliphatic heterocycles. The van der Waals surface area contributed by atoms with Gasteiger partial charge in [0.15, 0.2) is 11.5 Å². The van der Waals surface area contributed by atoms with Crippen molar-refractivity contribution in [2.75, 3.05) is 65.2 Å². The van der Waals surface area contributed by atoms with Crippen molar-refractivity contribution in [3.63, 3.8) is 0 Å². The van der Waals surface area contributed by atoms with Gasteiger partial charge in [0.05, 0.1) is 26.3 Å². The van der Waals surface area contributed by atoms with Crippen molar-refractivity contribution >= 4 is 22.9 Å². The molecule has 3 rings (SSSR count). The van der Waals surface area contributed by atoms with Gasteiger partial charge in [0, 0.05) is 43.9 Å². The summed E-state index contributed by atoms with van der Waals surface area (Å²) in [6, 6.07) is 9.70. The normalized spacial score (nSPS) is 12.9. The molecule has 1 amide bonds. The summed E-state index contributed by atoms with van der Waals surface area (Å²) in [6.45, 7) is 4.30. The second-order valence-corrected chi connectivity index (χ2v) is 7.68. The molecule has 0 bridgehead atoms. The van der Waals surface area contributed by atoms with Crippen LogP contribution in [0.5, 0.6) is 11.5 Å². The van der Waals surface area contributed by atoms with Gasteiger partial charge in [-0.15, -0.1) is 11.3 Å². The molecule has 0 radical (unpaired) electrons. The highest BCUT2D eigenvalue weighted by Crippen LogP contribution is 2.34. The van der Waals surface area contributed by atoms with Crippen molar-refractivity contribution in [3.05, 3.63) is 40.6 Å². The summed E-state index contributed by atoms with van der Waals surface area (Å²) in [4.78, 5) is 18.3. The number of hydrogen-bond donors (Lipinski definition) is 0. The fourth-order valence-electron chi connectivity index (χ4n) is 3.07. The minimum atomic E-state index is 0.0160. The molecule has 158 valence electrons. The van der Waals surface area contributed by atoms with Crippen molar-refractivity contribution in [3.8, 4) is 11.5 Å². The summed E-state index contributed by atoms with van der Waals surface area (Å²) in [5.74, 6) is 1.40. The van der Waals surface area contributed by atoms with Crippen molar-refractivity contribution in [2.24, 2.45) is 0 Å². The zero-order chi connectivity index (χ0) is 20.5. The number of nitrogens with zero attached hydrogens (tertiary/aromatic N) is 2. The standard InChI is InChI=1S/C21H28N2O5S/c1-25-9-7-22(8-10-26-2)16-21(24)23(15-18-4-3-13-29-18)17-5-6-19-20(14-17)28-12-11-27-19/h3-6,13-14H,7-12,15-16H2,1-2H3. The number of thiophene rings is 1. The zero-order valence-corrected chi connectivity index (χ0v) is 17.8. The van der Waals surface area contributed by atoms with Crippen LogP contribution in [0.2, 0.25) is 0 Å². The van der Waals surface area contributed by atoms with Crippen LogP contribution in [-0.4, -0.2) is 71.1 Å². The summed E-state index contributed by atoms with van der Waals surface area (Å²) in [7, 11) is 3.32. The maximum Gasteiger partial charge on any atom is 0.241 e. The molecule has 1 aliphatic rings. The van der Waals surface area contributed by atoms with E-state index in [1.165, 1.54) is 0 Å². The predicted octanol–water partition coefficient (Wildman–Crippen LogP) is 2.65. The number of amides is 1. The zero-order valence-electron chi connectivity index (χ0n) is 17.0. The van der Waals surface area contributed by atoms with Gasteiger partial charge in [-0.25, -0.2) is 0 Å². The minimum Gasteiger partial charge on any atom is -0.486 e. The number of carbonyl (C=O) groups is 1. The summed E-state index contributed by atoms with van der Waals surface area (Å²) in [5, 5.41) is 2.02. The van der Waals surface area contributed by atoms with E-state index in [-0.39, 0.29) is 12.5 Å². The molecule has 0 N–H and O–H groups in total.